The number of hydrogen-bond acceptors (Lipinski definition) is 2. The molecule has 0 aliphatic heterocycles. The van der Waals surface area contributed by atoms with Gasteiger partial charge in [0, 0.05) is 11.8 Å². The van der Waals surface area contributed by atoms with E-state index in [2.05, 4.69) is 4.98 Å². The maximum Gasteiger partial charge on any atom is 0.119 e. The number of benzene rings is 1. The van der Waals surface area contributed by atoms with Crippen LogP contribution in [0.4, 0.5) is 0 Å². The molecule has 0 fully saturated rings. The first-order chi connectivity index (χ1) is 7.81. The Bertz CT molecular complexity index is 457. The predicted octanol–water partition coefficient (Wildman–Crippen LogP) is 2.83. The van der Waals surface area contributed by atoms with Crippen LogP contribution < -0.4 is 4.74 Å². The average Bonchev–Trinajstić information content (AvgIpc) is 2.83. The molecule has 0 atom stereocenters. The highest BCUT2D eigenvalue weighted by Gasteiger charge is 2.04. The molecular weight excluding hydrogens is 200 g/mol. The molecule has 0 saturated heterocycles. The molecule has 0 aliphatic carbocycles. The van der Waals surface area contributed by atoms with Crippen LogP contribution in [0, 0.1) is 5.41 Å². The fourth-order valence-corrected chi connectivity index (χ4v) is 1.53. The fourth-order valence-electron chi connectivity index (χ4n) is 1.53. The van der Waals surface area contributed by atoms with Crippen molar-refractivity contribution in [3.05, 3.63) is 53.9 Å². The summed E-state index contributed by atoms with van der Waals surface area (Å²) < 4.78 is 5.35. The van der Waals surface area contributed by atoms with E-state index in [0.717, 1.165) is 17.0 Å². The number of aromatic nitrogens is 1. The van der Waals surface area contributed by atoms with Gasteiger partial charge in [-0.25, -0.2) is 0 Å². The number of H-pyrrole nitrogens is 1. The molecule has 2 N–H and O–H groups in total. The van der Waals surface area contributed by atoms with E-state index < -0.39 is 0 Å². The predicted molar refractivity (Wildman–Crippen MR) is 64.3 cm³/mol. The van der Waals surface area contributed by atoms with E-state index in [0.29, 0.717) is 12.3 Å². The van der Waals surface area contributed by atoms with Crippen LogP contribution in [0.2, 0.25) is 0 Å². The van der Waals surface area contributed by atoms with Gasteiger partial charge >= 0.3 is 0 Å². The van der Waals surface area contributed by atoms with Crippen LogP contribution in [0.5, 0.6) is 5.75 Å². The van der Waals surface area contributed by atoms with Crippen molar-refractivity contribution in [2.45, 2.75) is 6.92 Å². The zero-order chi connectivity index (χ0) is 11.4. The lowest BCUT2D eigenvalue weighted by atomic mass is 10.1. The van der Waals surface area contributed by atoms with E-state index in [1.165, 1.54) is 0 Å². The minimum atomic E-state index is 0.494. The minimum absolute atomic E-state index is 0.494. The summed E-state index contributed by atoms with van der Waals surface area (Å²) in [5.41, 5.74) is 2.20. The second kappa shape index (κ2) is 4.66. The van der Waals surface area contributed by atoms with Crippen molar-refractivity contribution in [3.8, 4) is 5.75 Å². The first kappa shape index (κ1) is 10.5. The van der Waals surface area contributed by atoms with Crippen LogP contribution >= 0.6 is 0 Å². The highest BCUT2D eigenvalue weighted by atomic mass is 16.5. The number of ether oxygens (including phenoxy) is 1. The lowest BCUT2D eigenvalue weighted by molar-refractivity contribution is 0.340. The summed E-state index contributed by atoms with van der Waals surface area (Å²) >= 11 is 0. The van der Waals surface area contributed by atoms with Gasteiger partial charge < -0.3 is 9.72 Å². The molecule has 0 bridgehead atoms. The highest BCUT2D eigenvalue weighted by Crippen LogP contribution is 2.14. The van der Waals surface area contributed by atoms with Gasteiger partial charge in [-0.15, -0.1) is 0 Å². The van der Waals surface area contributed by atoms with Crippen LogP contribution in [0.15, 0.2) is 42.6 Å². The van der Waals surface area contributed by atoms with Crippen molar-refractivity contribution >= 4 is 5.71 Å². The molecule has 2 rings (SSSR count). The second-order valence-electron chi connectivity index (χ2n) is 3.42. The Morgan fingerprint density at radius 3 is 2.56 bits per heavy atom. The van der Waals surface area contributed by atoms with Gasteiger partial charge in [0.05, 0.1) is 18.0 Å². The summed E-state index contributed by atoms with van der Waals surface area (Å²) in [7, 11) is 0. The second-order valence-corrected chi connectivity index (χ2v) is 3.42. The SMILES string of the molecule is CCOc1ccc(C(=N)c2ccc[nH]2)cc1. The van der Waals surface area contributed by atoms with Crippen LogP contribution in [-0.2, 0) is 0 Å². The molecule has 0 saturated carbocycles. The molecule has 0 radical (unpaired) electrons. The van der Waals surface area contributed by atoms with Crippen LogP contribution in [0.1, 0.15) is 18.2 Å². The Kier molecular flexibility index (Phi) is 3.05. The fraction of sp³-hybridized carbons (Fsp3) is 0.154. The van der Waals surface area contributed by atoms with Gasteiger partial charge in [0.15, 0.2) is 0 Å². The van der Waals surface area contributed by atoms with Gasteiger partial charge in [0.25, 0.3) is 0 Å². The molecule has 3 nitrogen and oxygen atoms in total. The van der Waals surface area contributed by atoms with Crippen molar-refractivity contribution in [2.75, 3.05) is 6.61 Å². The van der Waals surface area contributed by atoms with Crippen molar-refractivity contribution in [1.82, 2.24) is 4.98 Å². The highest BCUT2D eigenvalue weighted by molar-refractivity contribution is 6.09. The van der Waals surface area contributed by atoms with Gasteiger partial charge in [-0.3, -0.25) is 5.41 Å². The summed E-state index contributed by atoms with van der Waals surface area (Å²) in [6.45, 7) is 2.61. The van der Waals surface area contributed by atoms with E-state index in [4.69, 9.17) is 10.1 Å². The minimum Gasteiger partial charge on any atom is -0.494 e. The third kappa shape index (κ3) is 2.14. The monoisotopic (exact) mass is 214 g/mol. The zero-order valence-electron chi connectivity index (χ0n) is 9.16. The van der Waals surface area contributed by atoms with E-state index in [1.54, 1.807) is 0 Å². The van der Waals surface area contributed by atoms with E-state index in [1.807, 2.05) is 49.5 Å². The van der Waals surface area contributed by atoms with E-state index >= 15 is 0 Å². The Morgan fingerprint density at radius 2 is 2.00 bits per heavy atom. The van der Waals surface area contributed by atoms with Gasteiger partial charge in [-0.1, -0.05) is 0 Å². The molecule has 0 aliphatic rings. The van der Waals surface area contributed by atoms with Crippen molar-refractivity contribution in [3.63, 3.8) is 0 Å². The molecule has 82 valence electrons. The summed E-state index contributed by atoms with van der Waals surface area (Å²) in [6.07, 6.45) is 1.82. The quantitative estimate of drug-likeness (QED) is 0.755. The van der Waals surface area contributed by atoms with Gasteiger partial charge in [0.2, 0.25) is 0 Å². The molecule has 16 heavy (non-hydrogen) atoms. The van der Waals surface area contributed by atoms with E-state index in [-0.39, 0.29) is 0 Å². The number of aromatic amines is 1. The number of nitrogens with one attached hydrogen (secondary N) is 2. The molecular formula is C13H14N2O. The smallest absolute Gasteiger partial charge is 0.119 e. The molecule has 3 heteroatoms. The molecule has 0 unspecified atom stereocenters. The summed E-state index contributed by atoms with van der Waals surface area (Å²) in [6, 6.07) is 11.3. The Labute approximate surface area is 94.6 Å². The molecule has 1 heterocycles. The van der Waals surface area contributed by atoms with Crippen molar-refractivity contribution < 1.29 is 4.74 Å². The third-order valence-corrected chi connectivity index (χ3v) is 2.32. The lowest BCUT2D eigenvalue weighted by Gasteiger charge is -2.05. The zero-order valence-corrected chi connectivity index (χ0v) is 9.16. The molecule has 1 aromatic heterocycles. The molecule has 0 spiro atoms. The molecule has 0 amide bonds. The normalized spacial score (nSPS) is 10.1. The topological polar surface area (TPSA) is 48.9 Å². The van der Waals surface area contributed by atoms with Crippen LogP contribution in [0.25, 0.3) is 0 Å². The Morgan fingerprint density at radius 1 is 1.25 bits per heavy atom. The van der Waals surface area contributed by atoms with Crippen molar-refractivity contribution in [1.29, 1.82) is 5.41 Å². The first-order valence-corrected chi connectivity index (χ1v) is 5.27. The number of rotatable bonds is 4. The van der Waals surface area contributed by atoms with Gasteiger partial charge in [-0.05, 0) is 43.3 Å². The standard InChI is InChI=1S/C13H14N2O/c1-2-16-11-7-5-10(6-8-11)13(14)12-4-3-9-15-12/h3-9,14-15H,2H2,1H3. The Balaban J connectivity index is 2.19. The maximum atomic E-state index is 7.99. The average molecular weight is 214 g/mol. The lowest BCUT2D eigenvalue weighted by Crippen LogP contribution is -2.01. The summed E-state index contributed by atoms with van der Waals surface area (Å²) in [5, 5.41) is 7.99. The first-order valence-electron chi connectivity index (χ1n) is 5.27. The maximum absolute atomic E-state index is 7.99. The van der Waals surface area contributed by atoms with Gasteiger partial charge in [-0.2, -0.15) is 0 Å². The Hall–Kier alpha value is -2.03. The molecule has 1 aromatic carbocycles. The van der Waals surface area contributed by atoms with Crippen LogP contribution in [-0.4, -0.2) is 17.3 Å². The number of hydrogen-bond donors (Lipinski definition) is 2. The van der Waals surface area contributed by atoms with Gasteiger partial charge in [0.1, 0.15) is 5.75 Å². The molecule has 2 aromatic rings. The van der Waals surface area contributed by atoms with Crippen LogP contribution in [0.3, 0.4) is 0 Å². The third-order valence-electron chi connectivity index (χ3n) is 2.32. The summed E-state index contributed by atoms with van der Waals surface area (Å²) in [5.74, 6) is 0.838. The summed E-state index contributed by atoms with van der Waals surface area (Å²) in [4.78, 5) is 3.02. The van der Waals surface area contributed by atoms with Crippen molar-refractivity contribution in [2.24, 2.45) is 0 Å². The largest absolute Gasteiger partial charge is 0.494 e. The van der Waals surface area contributed by atoms with E-state index in [9.17, 15) is 0 Å².